The molecule has 29 heavy (non-hydrogen) atoms. The van der Waals surface area contributed by atoms with Crippen LogP contribution in [0.5, 0.6) is 0 Å². The fraction of sp³-hybridized carbons (Fsp3) is 0.136. The van der Waals surface area contributed by atoms with Crippen molar-refractivity contribution in [1.82, 2.24) is 9.88 Å². The number of benzene rings is 2. The fourth-order valence-corrected chi connectivity index (χ4v) is 3.81. The van der Waals surface area contributed by atoms with Crippen molar-refractivity contribution in [1.29, 1.82) is 0 Å². The molecule has 0 spiro atoms. The summed E-state index contributed by atoms with van der Waals surface area (Å²) >= 11 is 2.15. The minimum atomic E-state index is -0.744. The molecule has 0 bridgehead atoms. The number of hydrogen-bond acceptors (Lipinski definition) is 3. The first-order valence-corrected chi connectivity index (χ1v) is 10.3. The molecule has 1 aliphatic heterocycles. The molecule has 0 radical (unpaired) electrons. The molecule has 1 fully saturated rings. The van der Waals surface area contributed by atoms with E-state index in [1.807, 2.05) is 30.5 Å². The molecule has 2 aromatic carbocycles. The van der Waals surface area contributed by atoms with Gasteiger partial charge in [0.1, 0.15) is 5.57 Å². The molecule has 1 aliphatic rings. The number of nitrogens with zero attached hydrogens (tertiary/aromatic N) is 2. The molecular weight excluding hydrogens is 481 g/mol. The van der Waals surface area contributed by atoms with Crippen molar-refractivity contribution < 1.29 is 14.4 Å². The molecule has 7 heteroatoms. The number of hydrogen-bond donors (Lipinski definition) is 1. The van der Waals surface area contributed by atoms with Crippen LogP contribution in [0.3, 0.4) is 0 Å². The topological polar surface area (TPSA) is 71.4 Å². The highest BCUT2D eigenvalue weighted by molar-refractivity contribution is 14.1. The second-order valence-corrected chi connectivity index (χ2v) is 7.97. The van der Waals surface area contributed by atoms with Crippen molar-refractivity contribution in [2.24, 2.45) is 0 Å². The van der Waals surface area contributed by atoms with Crippen LogP contribution < -0.4 is 10.2 Å². The highest BCUT2D eigenvalue weighted by Crippen LogP contribution is 2.27. The smallest absolute Gasteiger partial charge is 0.335 e. The Labute approximate surface area is 181 Å². The van der Waals surface area contributed by atoms with Gasteiger partial charge in [-0.1, -0.05) is 25.1 Å². The second-order valence-electron chi connectivity index (χ2n) is 6.73. The largest absolute Gasteiger partial charge is 0.347 e. The second kappa shape index (κ2) is 7.82. The molecule has 1 saturated heterocycles. The number of carbonyl (C=O) groups excluding carboxylic acids is 3. The highest BCUT2D eigenvalue weighted by Gasteiger charge is 2.36. The van der Waals surface area contributed by atoms with Crippen LogP contribution in [0.4, 0.5) is 10.5 Å². The quantitative estimate of drug-likeness (QED) is 0.330. The molecule has 4 rings (SSSR count). The van der Waals surface area contributed by atoms with Gasteiger partial charge in [0.2, 0.25) is 0 Å². The third-order valence-electron chi connectivity index (χ3n) is 4.77. The zero-order valence-corrected chi connectivity index (χ0v) is 17.8. The van der Waals surface area contributed by atoms with Gasteiger partial charge in [-0.05, 0) is 65.4 Å². The van der Waals surface area contributed by atoms with Gasteiger partial charge in [0.25, 0.3) is 11.8 Å². The van der Waals surface area contributed by atoms with Crippen LogP contribution in [-0.2, 0) is 16.1 Å². The van der Waals surface area contributed by atoms with Gasteiger partial charge in [0, 0.05) is 32.8 Å². The maximum Gasteiger partial charge on any atom is 0.335 e. The van der Waals surface area contributed by atoms with Crippen LogP contribution in [0.2, 0.25) is 0 Å². The number of carbonyl (C=O) groups is 3. The van der Waals surface area contributed by atoms with E-state index in [2.05, 4.69) is 39.4 Å². The van der Waals surface area contributed by atoms with Crippen molar-refractivity contribution in [3.8, 4) is 0 Å². The number of urea groups is 1. The van der Waals surface area contributed by atoms with Gasteiger partial charge in [-0.15, -0.1) is 0 Å². The van der Waals surface area contributed by atoms with Crippen molar-refractivity contribution >= 4 is 63.1 Å². The Balaban J connectivity index is 1.79. The van der Waals surface area contributed by atoms with Crippen LogP contribution in [-0.4, -0.2) is 22.4 Å². The SMILES string of the molecule is CCCn1cc(/C=C2\C(=O)NC(=O)N(c3ccc(I)cc3)C2=O)c2ccccc21. The number of amides is 4. The number of rotatable bonds is 4. The van der Waals surface area contributed by atoms with E-state index in [0.717, 1.165) is 37.9 Å². The lowest BCUT2D eigenvalue weighted by Crippen LogP contribution is -2.54. The Morgan fingerprint density at radius 1 is 1.03 bits per heavy atom. The Hall–Kier alpha value is -2.94. The van der Waals surface area contributed by atoms with Crippen LogP contribution in [0.25, 0.3) is 17.0 Å². The predicted octanol–water partition coefficient (Wildman–Crippen LogP) is 4.32. The maximum absolute atomic E-state index is 13.1. The first-order chi connectivity index (χ1) is 14.0. The highest BCUT2D eigenvalue weighted by atomic mass is 127. The summed E-state index contributed by atoms with van der Waals surface area (Å²) in [5.41, 5.74) is 2.15. The first kappa shape index (κ1) is 19.4. The Kier molecular flexibility index (Phi) is 5.23. The van der Waals surface area contributed by atoms with Crippen LogP contribution in [0.1, 0.15) is 18.9 Å². The van der Waals surface area contributed by atoms with Crippen molar-refractivity contribution in [2.75, 3.05) is 4.90 Å². The summed E-state index contributed by atoms with van der Waals surface area (Å²) in [6, 6.07) is 14.1. The molecule has 0 saturated carbocycles. The lowest BCUT2D eigenvalue weighted by atomic mass is 10.1. The van der Waals surface area contributed by atoms with Crippen molar-refractivity contribution in [2.45, 2.75) is 19.9 Å². The van der Waals surface area contributed by atoms with Gasteiger partial charge in [-0.25, -0.2) is 9.69 Å². The summed E-state index contributed by atoms with van der Waals surface area (Å²) in [4.78, 5) is 38.9. The third kappa shape index (κ3) is 3.57. The fourth-order valence-electron chi connectivity index (χ4n) is 3.45. The molecule has 3 aromatic rings. The van der Waals surface area contributed by atoms with Gasteiger partial charge < -0.3 is 4.57 Å². The minimum Gasteiger partial charge on any atom is -0.347 e. The molecule has 0 unspecified atom stereocenters. The average molecular weight is 499 g/mol. The zero-order chi connectivity index (χ0) is 20.5. The van der Waals surface area contributed by atoms with Crippen LogP contribution in [0.15, 0.2) is 60.3 Å². The Morgan fingerprint density at radius 3 is 2.48 bits per heavy atom. The Morgan fingerprint density at radius 2 is 1.76 bits per heavy atom. The number of aryl methyl sites for hydroxylation is 1. The lowest BCUT2D eigenvalue weighted by Gasteiger charge is -2.26. The summed E-state index contributed by atoms with van der Waals surface area (Å²) in [7, 11) is 0. The number of aromatic nitrogens is 1. The van der Waals surface area contributed by atoms with E-state index in [-0.39, 0.29) is 5.57 Å². The Bertz CT molecular complexity index is 1160. The van der Waals surface area contributed by atoms with E-state index in [1.165, 1.54) is 0 Å². The molecular formula is C22H18IN3O3. The van der Waals surface area contributed by atoms with Gasteiger partial charge >= 0.3 is 6.03 Å². The summed E-state index contributed by atoms with van der Waals surface area (Å²) in [6.45, 7) is 2.92. The first-order valence-electron chi connectivity index (χ1n) is 9.24. The zero-order valence-electron chi connectivity index (χ0n) is 15.7. The molecule has 6 nitrogen and oxygen atoms in total. The monoisotopic (exact) mass is 499 g/mol. The molecule has 1 aromatic heterocycles. The van der Waals surface area contributed by atoms with Gasteiger partial charge in [0.05, 0.1) is 5.69 Å². The number of halogens is 1. The molecule has 146 valence electrons. The van der Waals surface area contributed by atoms with E-state index < -0.39 is 17.8 Å². The van der Waals surface area contributed by atoms with Gasteiger partial charge in [-0.3, -0.25) is 14.9 Å². The predicted molar refractivity (Wildman–Crippen MR) is 120 cm³/mol. The number of anilines is 1. The lowest BCUT2D eigenvalue weighted by molar-refractivity contribution is -0.122. The minimum absolute atomic E-state index is 0.0671. The van der Waals surface area contributed by atoms with E-state index in [4.69, 9.17) is 0 Å². The number of imide groups is 2. The summed E-state index contributed by atoms with van der Waals surface area (Å²) in [6.07, 6.45) is 4.47. The summed E-state index contributed by atoms with van der Waals surface area (Å²) in [5, 5.41) is 3.22. The summed E-state index contributed by atoms with van der Waals surface area (Å²) < 4.78 is 3.08. The van der Waals surface area contributed by atoms with E-state index >= 15 is 0 Å². The van der Waals surface area contributed by atoms with Crippen molar-refractivity contribution in [3.05, 3.63) is 69.4 Å². The number of fused-ring (bicyclic) bond motifs is 1. The van der Waals surface area contributed by atoms with E-state index in [9.17, 15) is 14.4 Å². The van der Waals surface area contributed by atoms with Gasteiger partial charge in [-0.2, -0.15) is 0 Å². The molecule has 0 aliphatic carbocycles. The van der Waals surface area contributed by atoms with Crippen LogP contribution in [0, 0.1) is 3.57 Å². The average Bonchev–Trinajstić information content (AvgIpc) is 3.04. The molecule has 1 N–H and O–H groups in total. The number of para-hydroxylation sites is 1. The molecule has 4 amide bonds. The standard InChI is InChI=1S/C22H18IN3O3/c1-2-11-25-13-14(17-5-3-4-6-19(17)25)12-18-20(27)24-22(29)26(21(18)28)16-9-7-15(23)8-10-16/h3-10,12-13H,2,11H2,1H3,(H,24,27,29)/b18-12+. The van der Waals surface area contributed by atoms with Crippen molar-refractivity contribution in [3.63, 3.8) is 0 Å². The molecule has 0 atom stereocenters. The van der Waals surface area contributed by atoms with E-state index in [1.54, 1.807) is 30.3 Å². The third-order valence-corrected chi connectivity index (χ3v) is 5.49. The summed E-state index contributed by atoms with van der Waals surface area (Å²) in [5.74, 6) is -1.32. The molecule has 2 heterocycles. The van der Waals surface area contributed by atoms with E-state index in [0.29, 0.717) is 5.69 Å². The number of nitrogens with one attached hydrogen (secondary N) is 1. The van der Waals surface area contributed by atoms with Crippen LogP contribution >= 0.6 is 22.6 Å². The maximum atomic E-state index is 13.1. The van der Waals surface area contributed by atoms with Gasteiger partial charge in [0.15, 0.2) is 0 Å². The number of barbiturate groups is 1. The normalized spacial score (nSPS) is 16.0.